The van der Waals surface area contributed by atoms with Gasteiger partial charge in [0.1, 0.15) is 11.6 Å². The molecule has 1 aliphatic carbocycles. The predicted octanol–water partition coefficient (Wildman–Crippen LogP) is 2.28. The molecule has 2 heterocycles. The van der Waals surface area contributed by atoms with Crippen molar-refractivity contribution < 1.29 is 4.79 Å². The molecule has 2 N–H and O–H groups in total. The average Bonchev–Trinajstić information content (AvgIpc) is 3.06. The summed E-state index contributed by atoms with van der Waals surface area (Å²) in [5.74, 6) is 2.61. The number of fused-ring (bicyclic) bond motifs is 1. The molecule has 0 bridgehead atoms. The van der Waals surface area contributed by atoms with Crippen LogP contribution in [0.25, 0.3) is 0 Å². The number of hydrogen-bond donors (Lipinski definition) is 2. The second-order valence-corrected chi connectivity index (χ2v) is 7.93. The quantitative estimate of drug-likeness (QED) is 0.894. The van der Waals surface area contributed by atoms with Gasteiger partial charge in [-0.2, -0.15) is 0 Å². The van der Waals surface area contributed by atoms with Crippen LogP contribution in [0.4, 0.5) is 4.79 Å². The Hall–Kier alpha value is -1.59. The van der Waals surface area contributed by atoms with Crippen LogP contribution < -0.4 is 10.6 Å². The van der Waals surface area contributed by atoms with E-state index in [1.54, 1.807) is 0 Å². The van der Waals surface area contributed by atoms with Gasteiger partial charge in [-0.1, -0.05) is 20.8 Å². The minimum absolute atomic E-state index is 0.0530. The Kier molecular flexibility index (Phi) is 4.60. The summed E-state index contributed by atoms with van der Waals surface area (Å²) >= 11 is 0. The fourth-order valence-electron chi connectivity index (χ4n) is 4.06. The summed E-state index contributed by atoms with van der Waals surface area (Å²) in [7, 11) is 0. The van der Waals surface area contributed by atoms with E-state index < -0.39 is 0 Å². The van der Waals surface area contributed by atoms with Gasteiger partial charge in [0.05, 0.1) is 0 Å². The highest BCUT2D eigenvalue weighted by Gasteiger charge is 2.32. The Morgan fingerprint density at radius 2 is 2.22 bits per heavy atom. The van der Waals surface area contributed by atoms with Crippen molar-refractivity contribution in [3.63, 3.8) is 0 Å². The number of amides is 2. The van der Waals surface area contributed by atoms with Crippen LogP contribution in [0.3, 0.4) is 0 Å². The number of rotatable bonds is 4. The monoisotopic (exact) mass is 319 g/mol. The van der Waals surface area contributed by atoms with E-state index in [4.69, 9.17) is 0 Å². The topological polar surface area (TPSA) is 71.8 Å². The van der Waals surface area contributed by atoms with Crippen LogP contribution in [0.1, 0.15) is 58.1 Å². The predicted molar refractivity (Wildman–Crippen MR) is 89.2 cm³/mol. The lowest BCUT2D eigenvalue weighted by Crippen LogP contribution is -2.48. The molecule has 6 heteroatoms. The number of carbonyl (C=O) groups is 1. The smallest absolute Gasteiger partial charge is 0.315 e. The summed E-state index contributed by atoms with van der Waals surface area (Å²) in [6, 6.07) is 0.239. The second-order valence-electron chi connectivity index (χ2n) is 7.93. The number of hydrogen-bond acceptors (Lipinski definition) is 3. The van der Waals surface area contributed by atoms with E-state index in [9.17, 15) is 4.79 Å². The van der Waals surface area contributed by atoms with Crippen molar-refractivity contribution in [1.29, 1.82) is 0 Å². The van der Waals surface area contributed by atoms with Gasteiger partial charge in [-0.05, 0) is 37.0 Å². The molecular weight excluding hydrogens is 290 g/mol. The second kappa shape index (κ2) is 6.49. The largest absolute Gasteiger partial charge is 0.338 e. The number of aryl methyl sites for hydroxylation is 1. The van der Waals surface area contributed by atoms with Crippen molar-refractivity contribution in [3.8, 4) is 0 Å². The van der Waals surface area contributed by atoms with Crippen molar-refractivity contribution >= 4 is 6.03 Å². The third kappa shape index (κ3) is 3.85. The fraction of sp³-hybridized carbons (Fsp3) is 0.824. The molecule has 1 fully saturated rings. The van der Waals surface area contributed by atoms with E-state index in [2.05, 4.69) is 46.2 Å². The van der Waals surface area contributed by atoms with Crippen molar-refractivity contribution in [1.82, 2.24) is 25.4 Å². The fourth-order valence-corrected chi connectivity index (χ4v) is 4.06. The number of carbonyl (C=O) groups excluding carboxylic acids is 1. The SMILES string of the molecule is C[C@@H]1CC(C)(C)CC[C@@H]1NC(=O)NCCc1nnc2n1CCC2. The normalized spacial score (nSPS) is 25.9. The first-order chi connectivity index (χ1) is 10.9. The summed E-state index contributed by atoms with van der Waals surface area (Å²) < 4.78 is 2.19. The molecule has 23 heavy (non-hydrogen) atoms. The first-order valence-corrected chi connectivity index (χ1v) is 8.90. The van der Waals surface area contributed by atoms with Crippen LogP contribution in [-0.4, -0.2) is 33.4 Å². The van der Waals surface area contributed by atoms with Gasteiger partial charge in [0, 0.05) is 32.0 Å². The molecule has 128 valence electrons. The van der Waals surface area contributed by atoms with Gasteiger partial charge in [-0.15, -0.1) is 10.2 Å². The molecule has 1 aromatic heterocycles. The molecule has 0 unspecified atom stereocenters. The highest BCUT2D eigenvalue weighted by atomic mass is 16.2. The van der Waals surface area contributed by atoms with Crippen molar-refractivity contribution in [3.05, 3.63) is 11.6 Å². The molecular formula is C17H29N5O. The van der Waals surface area contributed by atoms with Gasteiger partial charge in [0.15, 0.2) is 0 Å². The minimum atomic E-state index is -0.0530. The Labute approximate surface area is 138 Å². The van der Waals surface area contributed by atoms with Gasteiger partial charge in [0.2, 0.25) is 0 Å². The zero-order valence-electron chi connectivity index (χ0n) is 14.6. The van der Waals surface area contributed by atoms with E-state index in [0.29, 0.717) is 23.9 Å². The summed E-state index contributed by atoms with van der Waals surface area (Å²) in [6.07, 6.45) is 6.34. The third-order valence-electron chi connectivity index (χ3n) is 5.33. The van der Waals surface area contributed by atoms with Crippen LogP contribution in [-0.2, 0) is 19.4 Å². The maximum atomic E-state index is 12.1. The molecule has 1 saturated carbocycles. The first kappa shape index (κ1) is 16.3. The maximum absolute atomic E-state index is 12.1. The van der Waals surface area contributed by atoms with E-state index in [1.807, 2.05) is 0 Å². The number of aromatic nitrogens is 3. The van der Waals surface area contributed by atoms with Crippen LogP contribution in [0.5, 0.6) is 0 Å². The first-order valence-electron chi connectivity index (χ1n) is 8.90. The highest BCUT2D eigenvalue weighted by molar-refractivity contribution is 5.74. The van der Waals surface area contributed by atoms with E-state index in [1.165, 1.54) is 12.8 Å². The molecule has 2 aliphatic rings. The third-order valence-corrected chi connectivity index (χ3v) is 5.33. The molecule has 3 rings (SSSR count). The zero-order chi connectivity index (χ0) is 16.4. The molecule has 0 aromatic carbocycles. The molecule has 0 saturated heterocycles. The number of urea groups is 1. The van der Waals surface area contributed by atoms with Gasteiger partial charge in [-0.3, -0.25) is 0 Å². The molecule has 1 aromatic rings. The number of nitrogens with one attached hydrogen (secondary N) is 2. The van der Waals surface area contributed by atoms with E-state index >= 15 is 0 Å². The lowest BCUT2D eigenvalue weighted by molar-refractivity contribution is 0.149. The Morgan fingerprint density at radius 1 is 1.39 bits per heavy atom. The molecule has 6 nitrogen and oxygen atoms in total. The molecule has 0 radical (unpaired) electrons. The maximum Gasteiger partial charge on any atom is 0.315 e. The molecule has 2 amide bonds. The summed E-state index contributed by atoms with van der Waals surface area (Å²) in [6.45, 7) is 8.49. The van der Waals surface area contributed by atoms with E-state index in [-0.39, 0.29) is 6.03 Å². The summed E-state index contributed by atoms with van der Waals surface area (Å²) in [5, 5.41) is 14.5. The molecule has 2 atom stereocenters. The van der Waals surface area contributed by atoms with Crippen LogP contribution in [0.15, 0.2) is 0 Å². The molecule has 0 spiro atoms. The van der Waals surface area contributed by atoms with Crippen LogP contribution >= 0.6 is 0 Å². The van der Waals surface area contributed by atoms with Gasteiger partial charge in [0.25, 0.3) is 0 Å². The van der Waals surface area contributed by atoms with Crippen LogP contribution in [0, 0.1) is 11.3 Å². The Balaban J connectivity index is 1.41. The van der Waals surface area contributed by atoms with Gasteiger partial charge in [-0.25, -0.2) is 4.79 Å². The highest BCUT2D eigenvalue weighted by Crippen LogP contribution is 2.38. The van der Waals surface area contributed by atoms with Gasteiger partial charge < -0.3 is 15.2 Å². The van der Waals surface area contributed by atoms with Gasteiger partial charge >= 0.3 is 6.03 Å². The molecule has 1 aliphatic heterocycles. The summed E-state index contributed by atoms with van der Waals surface area (Å²) in [4.78, 5) is 12.1. The number of nitrogens with zero attached hydrogens (tertiary/aromatic N) is 3. The Bertz CT molecular complexity index is 565. The lowest BCUT2D eigenvalue weighted by atomic mass is 9.70. The average molecular weight is 319 g/mol. The van der Waals surface area contributed by atoms with Crippen molar-refractivity contribution in [2.24, 2.45) is 11.3 Å². The van der Waals surface area contributed by atoms with Crippen molar-refractivity contribution in [2.45, 2.75) is 71.9 Å². The Morgan fingerprint density at radius 3 is 3.00 bits per heavy atom. The summed E-state index contributed by atoms with van der Waals surface area (Å²) in [5.41, 5.74) is 0.405. The minimum Gasteiger partial charge on any atom is -0.338 e. The van der Waals surface area contributed by atoms with Crippen LogP contribution in [0.2, 0.25) is 0 Å². The van der Waals surface area contributed by atoms with Crippen molar-refractivity contribution in [2.75, 3.05) is 6.54 Å². The standard InChI is InChI=1S/C17H29N5O/c1-12-11-17(2,3)8-6-13(12)19-16(23)18-9-7-15-21-20-14-5-4-10-22(14)15/h12-13H,4-11H2,1-3H3,(H2,18,19,23)/t12-,13+/m1/s1. The zero-order valence-corrected chi connectivity index (χ0v) is 14.6. The van der Waals surface area contributed by atoms with E-state index in [0.717, 1.165) is 43.9 Å². The lowest BCUT2D eigenvalue weighted by Gasteiger charge is -2.39.